The van der Waals surface area contributed by atoms with Crippen molar-refractivity contribution in [2.45, 2.75) is 12.2 Å². The number of nitrogens with zero attached hydrogens (tertiary/aromatic N) is 1. The topological polar surface area (TPSA) is 31.4 Å². The third-order valence-electron chi connectivity index (χ3n) is 1.65. The zero-order chi connectivity index (χ0) is 10.6. The Bertz CT molecular complexity index is 307. The Morgan fingerprint density at radius 2 is 2.36 bits per heavy atom. The molecule has 1 heterocycles. The Labute approximate surface area is 93.8 Å². The second-order valence-electron chi connectivity index (χ2n) is 2.77. The smallest absolute Gasteiger partial charge is 0.188 e. The molecule has 1 aromatic rings. The number of thiol groups is 1. The first-order chi connectivity index (χ1) is 6.65. The van der Waals surface area contributed by atoms with E-state index in [0.29, 0.717) is 10.9 Å². The van der Waals surface area contributed by atoms with Gasteiger partial charge in [-0.15, -0.1) is 0 Å². The third-order valence-corrected chi connectivity index (χ3v) is 2.13. The summed E-state index contributed by atoms with van der Waals surface area (Å²) < 4.78 is 10.1. The maximum atomic E-state index is 5.76. The zero-order valence-electron chi connectivity index (χ0n) is 8.03. The first-order valence-corrected chi connectivity index (χ1v) is 5.00. The van der Waals surface area contributed by atoms with Crippen LogP contribution in [0.4, 0.5) is 0 Å². The Kier molecular flexibility index (Phi) is 4.51. The van der Waals surface area contributed by atoms with E-state index in [9.17, 15) is 0 Å². The van der Waals surface area contributed by atoms with Gasteiger partial charge in [0.15, 0.2) is 6.79 Å². The van der Waals surface area contributed by atoms with Crippen LogP contribution in [-0.4, -0.2) is 18.9 Å². The van der Waals surface area contributed by atoms with E-state index in [1.807, 2.05) is 6.92 Å². The molecule has 0 N–H and O–H groups in total. The monoisotopic (exact) mass is 233 g/mol. The van der Waals surface area contributed by atoms with E-state index < -0.39 is 0 Å². The predicted octanol–water partition coefficient (Wildman–Crippen LogP) is 2.71. The summed E-state index contributed by atoms with van der Waals surface area (Å²) in [4.78, 5) is 3.93. The van der Waals surface area contributed by atoms with Crippen LogP contribution in [0.3, 0.4) is 0 Å². The van der Waals surface area contributed by atoms with E-state index >= 15 is 0 Å². The summed E-state index contributed by atoms with van der Waals surface area (Å²) in [6.45, 7) is 2.13. The second kappa shape index (κ2) is 5.44. The molecule has 0 bridgehead atoms. The van der Waals surface area contributed by atoms with Crippen LogP contribution >= 0.6 is 24.2 Å². The molecule has 0 aliphatic heterocycles. The number of aromatic nitrogens is 1. The first kappa shape index (κ1) is 11.6. The van der Waals surface area contributed by atoms with Crippen molar-refractivity contribution < 1.29 is 9.47 Å². The Morgan fingerprint density at radius 3 is 2.93 bits per heavy atom. The molecule has 0 fully saturated rings. The molecule has 0 aromatic carbocycles. The normalized spacial score (nSPS) is 12.6. The maximum Gasteiger partial charge on any atom is 0.188 e. The summed E-state index contributed by atoms with van der Waals surface area (Å²) >= 11 is 10.1. The molecule has 5 heteroatoms. The van der Waals surface area contributed by atoms with Crippen LogP contribution in [0.15, 0.2) is 12.3 Å². The van der Waals surface area contributed by atoms with Gasteiger partial charge in [0.1, 0.15) is 10.9 Å². The first-order valence-electron chi connectivity index (χ1n) is 4.10. The lowest BCUT2D eigenvalue weighted by atomic mass is 10.2. The summed E-state index contributed by atoms with van der Waals surface area (Å²) in [5.41, 5.74) is 0.908. The van der Waals surface area contributed by atoms with Crippen molar-refractivity contribution in [3.63, 3.8) is 0 Å². The molecular weight excluding hydrogens is 222 g/mol. The number of halogens is 1. The summed E-state index contributed by atoms with van der Waals surface area (Å²) in [5, 5.41) is 0.480. The summed E-state index contributed by atoms with van der Waals surface area (Å²) in [6, 6.07) is 1.74. The molecule has 0 aliphatic rings. The van der Waals surface area contributed by atoms with Crippen LogP contribution in [0.5, 0.6) is 5.75 Å². The molecule has 78 valence electrons. The maximum absolute atomic E-state index is 5.76. The van der Waals surface area contributed by atoms with Gasteiger partial charge >= 0.3 is 0 Å². The quantitative estimate of drug-likeness (QED) is 0.493. The van der Waals surface area contributed by atoms with Crippen molar-refractivity contribution in [2.24, 2.45) is 0 Å². The number of pyridine rings is 1. The minimum Gasteiger partial charge on any atom is -0.466 e. The van der Waals surface area contributed by atoms with Gasteiger partial charge in [-0.2, -0.15) is 12.6 Å². The largest absolute Gasteiger partial charge is 0.466 e. The highest BCUT2D eigenvalue weighted by atomic mass is 35.5. The van der Waals surface area contributed by atoms with Crippen LogP contribution < -0.4 is 4.74 Å². The van der Waals surface area contributed by atoms with Crippen molar-refractivity contribution >= 4 is 24.2 Å². The molecule has 0 amide bonds. The van der Waals surface area contributed by atoms with E-state index in [0.717, 1.165) is 5.56 Å². The van der Waals surface area contributed by atoms with Crippen molar-refractivity contribution in [1.29, 1.82) is 0 Å². The van der Waals surface area contributed by atoms with E-state index in [-0.39, 0.29) is 12.0 Å². The minimum absolute atomic E-state index is 0.0438. The van der Waals surface area contributed by atoms with E-state index in [1.54, 1.807) is 19.4 Å². The van der Waals surface area contributed by atoms with Gasteiger partial charge in [0, 0.05) is 17.9 Å². The van der Waals surface area contributed by atoms with E-state index in [1.165, 1.54) is 0 Å². The molecule has 0 aliphatic carbocycles. The lowest BCUT2D eigenvalue weighted by Gasteiger charge is -2.12. The standard InChI is InChI=1S/C9H12ClNO2S/c1-6(14)7-3-9(10)11-4-8(7)13-5-12-2/h3-4,6,14H,5H2,1-2H3. The second-order valence-corrected chi connectivity index (χ2v) is 3.93. The van der Waals surface area contributed by atoms with E-state index in [2.05, 4.69) is 17.6 Å². The number of hydrogen-bond acceptors (Lipinski definition) is 4. The van der Waals surface area contributed by atoms with Crippen LogP contribution in [-0.2, 0) is 4.74 Å². The van der Waals surface area contributed by atoms with Gasteiger partial charge in [0.2, 0.25) is 0 Å². The van der Waals surface area contributed by atoms with Gasteiger partial charge in [0.05, 0.1) is 6.20 Å². The fraction of sp³-hybridized carbons (Fsp3) is 0.444. The molecule has 0 radical (unpaired) electrons. The Hall–Kier alpha value is -0.450. The fourth-order valence-corrected chi connectivity index (χ4v) is 1.37. The number of hydrogen-bond donors (Lipinski definition) is 1. The van der Waals surface area contributed by atoms with Crippen LogP contribution in [0.25, 0.3) is 0 Å². The van der Waals surface area contributed by atoms with Gasteiger partial charge in [-0.1, -0.05) is 11.6 Å². The van der Waals surface area contributed by atoms with Crippen LogP contribution in [0.2, 0.25) is 5.15 Å². The SMILES string of the molecule is COCOc1cnc(Cl)cc1C(C)S. The summed E-state index contributed by atoms with van der Waals surface area (Å²) in [7, 11) is 1.56. The molecule has 1 rings (SSSR count). The Balaban J connectivity index is 2.90. The minimum atomic E-state index is 0.0438. The van der Waals surface area contributed by atoms with Gasteiger partial charge in [-0.05, 0) is 13.0 Å². The van der Waals surface area contributed by atoms with Gasteiger partial charge in [0.25, 0.3) is 0 Å². The van der Waals surface area contributed by atoms with Crippen LogP contribution in [0, 0.1) is 0 Å². The van der Waals surface area contributed by atoms with Gasteiger partial charge < -0.3 is 9.47 Å². The highest BCUT2D eigenvalue weighted by Gasteiger charge is 2.09. The van der Waals surface area contributed by atoms with Gasteiger partial charge in [-0.3, -0.25) is 0 Å². The highest BCUT2D eigenvalue weighted by molar-refractivity contribution is 7.80. The molecule has 0 saturated heterocycles. The predicted molar refractivity (Wildman–Crippen MR) is 59.2 cm³/mol. The molecule has 3 nitrogen and oxygen atoms in total. The van der Waals surface area contributed by atoms with E-state index in [4.69, 9.17) is 21.1 Å². The molecular formula is C9H12ClNO2S. The number of methoxy groups -OCH3 is 1. The van der Waals surface area contributed by atoms with Crippen molar-refractivity contribution in [2.75, 3.05) is 13.9 Å². The molecule has 1 atom stereocenters. The fourth-order valence-electron chi connectivity index (χ4n) is 1.00. The zero-order valence-corrected chi connectivity index (χ0v) is 9.68. The molecule has 0 saturated carbocycles. The highest BCUT2D eigenvalue weighted by Crippen LogP contribution is 2.30. The number of rotatable bonds is 4. The lowest BCUT2D eigenvalue weighted by Crippen LogP contribution is -2.02. The van der Waals surface area contributed by atoms with Crippen molar-refractivity contribution in [1.82, 2.24) is 4.98 Å². The average Bonchev–Trinajstić information content (AvgIpc) is 2.15. The summed E-state index contributed by atoms with van der Waals surface area (Å²) in [5.74, 6) is 0.652. The molecule has 1 unspecified atom stereocenters. The third kappa shape index (κ3) is 3.04. The number of ether oxygens (including phenoxy) is 2. The van der Waals surface area contributed by atoms with Crippen LogP contribution in [0.1, 0.15) is 17.7 Å². The Morgan fingerprint density at radius 1 is 1.64 bits per heavy atom. The molecule has 1 aromatic heterocycles. The summed E-state index contributed by atoms with van der Waals surface area (Å²) in [6.07, 6.45) is 1.57. The van der Waals surface area contributed by atoms with Crippen molar-refractivity contribution in [3.8, 4) is 5.75 Å². The van der Waals surface area contributed by atoms with Crippen molar-refractivity contribution in [3.05, 3.63) is 23.0 Å². The van der Waals surface area contributed by atoms with Gasteiger partial charge in [-0.25, -0.2) is 4.98 Å². The lowest BCUT2D eigenvalue weighted by molar-refractivity contribution is 0.0502. The molecule has 14 heavy (non-hydrogen) atoms. The average molecular weight is 234 g/mol. The molecule has 0 spiro atoms.